The Morgan fingerprint density at radius 2 is 1.91 bits per heavy atom. The van der Waals surface area contributed by atoms with E-state index in [1.54, 1.807) is 4.90 Å². The highest BCUT2D eigenvalue weighted by molar-refractivity contribution is 5.75. The first-order chi connectivity index (χ1) is 10.6. The van der Waals surface area contributed by atoms with E-state index in [-0.39, 0.29) is 11.9 Å². The predicted octanol–water partition coefficient (Wildman–Crippen LogP) is 2.22. The van der Waals surface area contributed by atoms with Crippen molar-refractivity contribution in [3.8, 4) is 0 Å². The molecule has 1 aliphatic carbocycles. The number of amides is 2. The molecule has 0 radical (unpaired) electrons. The molecule has 1 atom stereocenters. The number of piperidine rings is 1. The van der Waals surface area contributed by atoms with Gasteiger partial charge in [0.1, 0.15) is 0 Å². The van der Waals surface area contributed by atoms with Gasteiger partial charge in [-0.15, -0.1) is 0 Å². The molecule has 0 bridgehead atoms. The summed E-state index contributed by atoms with van der Waals surface area (Å²) in [6, 6.07) is 8.36. The molecule has 118 valence electrons. The van der Waals surface area contributed by atoms with E-state index in [0.29, 0.717) is 38.4 Å². The van der Waals surface area contributed by atoms with Gasteiger partial charge in [0.05, 0.1) is 5.92 Å². The third-order valence-corrected chi connectivity index (χ3v) is 4.89. The second kappa shape index (κ2) is 6.38. The van der Waals surface area contributed by atoms with Crippen molar-refractivity contribution in [3.05, 3.63) is 35.4 Å². The minimum Gasteiger partial charge on any atom is -0.481 e. The number of nitrogens with zero attached hydrogens (tertiary/aromatic N) is 1. The van der Waals surface area contributed by atoms with E-state index < -0.39 is 5.97 Å². The van der Waals surface area contributed by atoms with Crippen LogP contribution < -0.4 is 5.32 Å². The number of likely N-dealkylation sites (tertiary alicyclic amines) is 1. The zero-order valence-corrected chi connectivity index (χ0v) is 12.6. The topological polar surface area (TPSA) is 69.6 Å². The SMILES string of the molecule is O=C(O)C1CCN(C(=O)NCC2CCc3ccccc32)CC1. The van der Waals surface area contributed by atoms with Gasteiger partial charge in [0.2, 0.25) is 0 Å². The molecule has 1 heterocycles. The number of aryl methyl sites for hydroxylation is 1. The summed E-state index contributed by atoms with van der Waals surface area (Å²) in [5.41, 5.74) is 2.75. The third kappa shape index (κ3) is 3.08. The van der Waals surface area contributed by atoms with Crippen LogP contribution in [0.2, 0.25) is 0 Å². The normalized spacial score (nSPS) is 21.5. The number of carbonyl (C=O) groups is 2. The van der Waals surface area contributed by atoms with Crippen molar-refractivity contribution >= 4 is 12.0 Å². The van der Waals surface area contributed by atoms with E-state index in [9.17, 15) is 9.59 Å². The summed E-state index contributed by atoms with van der Waals surface area (Å²) < 4.78 is 0. The molecule has 1 aromatic rings. The fraction of sp³-hybridized carbons (Fsp3) is 0.529. The molecule has 1 aromatic carbocycles. The monoisotopic (exact) mass is 302 g/mol. The average molecular weight is 302 g/mol. The Kier molecular flexibility index (Phi) is 4.32. The van der Waals surface area contributed by atoms with Crippen LogP contribution in [0, 0.1) is 5.92 Å². The molecule has 2 amide bonds. The summed E-state index contributed by atoms with van der Waals surface area (Å²) in [6.45, 7) is 1.73. The van der Waals surface area contributed by atoms with E-state index in [4.69, 9.17) is 5.11 Å². The van der Waals surface area contributed by atoms with Gasteiger partial charge in [-0.25, -0.2) is 4.79 Å². The van der Waals surface area contributed by atoms with Crippen LogP contribution in [0.25, 0.3) is 0 Å². The van der Waals surface area contributed by atoms with Crippen LogP contribution in [0.3, 0.4) is 0 Å². The van der Waals surface area contributed by atoms with E-state index in [2.05, 4.69) is 29.6 Å². The zero-order chi connectivity index (χ0) is 15.5. The number of carboxylic acid groups (broad SMARTS) is 1. The van der Waals surface area contributed by atoms with Crippen molar-refractivity contribution < 1.29 is 14.7 Å². The fourth-order valence-corrected chi connectivity index (χ4v) is 3.51. The minimum atomic E-state index is -0.748. The molecule has 0 spiro atoms. The first-order valence-corrected chi connectivity index (χ1v) is 7.98. The molecule has 1 aliphatic heterocycles. The maximum absolute atomic E-state index is 12.2. The lowest BCUT2D eigenvalue weighted by atomic mass is 9.97. The standard InChI is InChI=1S/C17H22N2O3/c20-16(21)13-7-9-19(10-8-13)17(22)18-11-14-6-5-12-3-1-2-4-15(12)14/h1-4,13-14H,5-11H2,(H,18,22)(H,20,21). The number of carbonyl (C=O) groups excluding carboxylic acids is 1. The van der Waals surface area contributed by atoms with Crippen LogP contribution in [0.4, 0.5) is 4.79 Å². The molecule has 2 aliphatic rings. The lowest BCUT2D eigenvalue weighted by Crippen LogP contribution is -2.46. The number of nitrogens with one attached hydrogen (secondary N) is 1. The number of aliphatic carboxylic acids is 1. The molecule has 5 nitrogen and oxygen atoms in total. The summed E-state index contributed by atoms with van der Waals surface area (Å²) in [4.78, 5) is 24.9. The van der Waals surface area contributed by atoms with Crippen molar-refractivity contribution in [2.24, 2.45) is 5.92 Å². The number of hydrogen-bond donors (Lipinski definition) is 2. The van der Waals surface area contributed by atoms with Crippen LogP contribution in [0.1, 0.15) is 36.3 Å². The highest BCUT2D eigenvalue weighted by Gasteiger charge is 2.28. The lowest BCUT2D eigenvalue weighted by Gasteiger charge is -2.30. The van der Waals surface area contributed by atoms with Gasteiger partial charge in [-0.05, 0) is 36.8 Å². The van der Waals surface area contributed by atoms with Gasteiger partial charge in [-0.3, -0.25) is 4.79 Å². The van der Waals surface area contributed by atoms with Gasteiger partial charge in [0.15, 0.2) is 0 Å². The number of carboxylic acids is 1. The summed E-state index contributed by atoms with van der Waals surface area (Å²) in [6.07, 6.45) is 3.27. The van der Waals surface area contributed by atoms with Crippen LogP contribution in [-0.2, 0) is 11.2 Å². The first kappa shape index (κ1) is 14.9. The van der Waals surface area contributed by atoms with Crippen molar-refractivity contribution in [2.75, 3.05) is 19.6 Å². The number of benzene rings is 1. The van der Waals surface area contributed by atoms with Gasteiger partial charge in [0, 0.05) is 25.6 Å². The largest absolute Gasteiger partial charge is 0.481 e. The van der Waals surface area contributed by atoms with Crippen molar-refractivity contribution in [2.45, 2.75) is 31.6 Å². The molecule has 1 fully saturated rings. The third-order valence-electron chi connectivity index (χ3n) is 4.89. The van der Waals surface area contributed by atoms with Crippen molar-refractivity contribution in [1.82, 2.24) is 10.2 Å². The molecule has 22 heavy (non-hydrogen) atoms. The van der Waals surface area contributed by atoms with E-state index in [1.807, 2.05) is 0 Å². The van der Waals surface area contributed by atoms with Crippen LogP contribution >= 0.6 is 0 Å². The molecule has 1 saturated heterocycles. The molecule has 1 unspecified atom stereocenters. The molecule has 0 aromatic heterocycles. The highest BCUT2D eigenvalue weighted by atomic mass is 16.4. The molecule has 3 rings (SSSR count). The summed E-state index contributed by atoms with van der Waals surface area (Å²) >= 11 is 0. The first-order valence-electron chi connectivity index (χ1n) is 7.98. The minimum absolute atomic E-state index is 0.0618. The van der Waals surface area contributed by atoms with E-state index in [0.717, 1.165) is 12.8 Å². The summed E-state index contributed by atoms with van der Waals surface area (Å²) in [7, 11) is 0. The quantitative estimate of drug-likeness (QED) is 0.899. The number of urea groups is 1. The summed E-state index contributed by atoms with van der Waals surface area (Å²) in [5.74, 6) is -0.648. The number of fused-ring (bicyclic) bond motifs is 1. The lowest BCUT2D eigenvalue weighted by molar-refractivity contribution is -0.143. The number of rotatable bonds is 3. The Hall–Kier alpha value is -2.04. The molecular weight excluding hydrogens is 280 g/mol. The Morgan fingerprint density at radius 1 is 1.18 bits per heavy atom. The van der Waals surface area contributed by atoms with Crippen molar-refractivity contribution in [3.63, 3.8) is 0 Å². The van der Waals surface area contributed by atoms with E-state index >= 15 is 0 Å². The summed E-state index contributed by atoms with van der Waals surface area (Å²) in [5, 5.41) is 12.0. The van der Waals surface area contributed by atoms with Gasteiger partial charge in [-0.2, -0.15) is 0 Å². The van der Waals surface area contributed by atoms with Crippen LogP contribution in [0.5, 0.6) is 0 Å². The van der Waals surface area contributed by atoms with Gasteiger partial charge in [-0.1, -0.05) is 24.3 Å². The number of hydrogen-bond acceptors (Lipinski definition) is 2. The zero-order valence-electron chi connectivity index (χ0n) is 12.6. The second-order valence-corrected chi connectivity index (χ2v) is 6.22. The molecule has 2 N–H and O–H groups in total. The maximum Gasteiger partial charge on any atom is 0.317 e. The fourth-order valence-electron chi connectivity index (χ4n) is 3.51. The predicted molar refractivity (Wildman–Crippen MR) is 82.8 cm³/mol. The second-order valence-electron chi connectivity index (χ2n) is 6.22. The van der Waals surface area contributed by atoms with Crippen LogP contribution in [0.15, 0.2) is 24.3 Å². The highest BCUT2D eigenvalue weighted by Crippen LogP contribution is 2.32. The molecule has 0 saturated carbocycles. The van der Waals surface area contributed by atoms with Crippen molar-refractivity contribution in [1.29, 1.82) is 0 Å². The van der Waals surface area contributed by atoms with Crippen LogP contribution in [-0.4, -0.2) is 41.6 Å². The van der Waals surface area contributed by atoms with E-state index in [1.165, 1.54) is 11.1 Å². The van der Waals surface area contributed by atoms with Gasteiger partial charge in [0.25, 0.3) is 0 Å². The Morgan fingerprint density at radius 3 is 2.64 bits per heavy atom. The molecule has 5 heteroatoms. The maximum atomic E-state index is 12.2. The Labute approximate surface area is 130 Å². The average Bonchev–Trinajstić information content (AvgIpc) is 2.96. The molecular formula is C17H22N2O3. The van der Waals surface area contributed by atoms with Gasteiger partial charge >= 0.3 is 12.0 Å². The Bertz CT molecular complexity index is 565. The Balaban J connectivity index is 1.49. The smallest absolute Gasteiger partial charge is 0.317 e. The van der Waals surface area contributed by atoms with Gasteiger partial charge < -0.3 is 15.3 Å².